The lowest BCUT2D eigenvalue weighted by Crippen LogP contribution is -2.41. The zero-order valence-corrected chi connectivity index (χ0v) is 18.6. The summed E-state index contributed by atoms with van der Waals surface area (Å²) in [6, 6.07) is 18.3. The topological polar surface area (TPSA) is 55.7 Å². The summed E-state index contributed by atoms with van der Waals surface area (Å²) in [5, 5.41) is 0. The van der Waals surface area contributed by atoms with Gasteiger partial charge in [0.1, 0.15) is 5.78 Å². The van der Waals surface area contributed by atoms with Crippen molar-refractivity contribution in [3.05, 3.63) is 82.6 Å². The lowest BCUT2D eigenvalue weighted by Gasteiger charge is -2.38. The standard InChI is InChI=1S/C27H29NO3/c1-16(2)31-27(30)24-18(4)28-22-14-21(19-8-6-5-7-9-19)15-23(29)26(22)25(24)20-12-10-17(3)11-13-20/h5-13,16,21,25-26H,14-15H2,1-4H3/t21-,25+,26?/m0/s1. The monoisotopic (exact) mass is 415 g/mol. The normalized spacial score (nSPS) is 23.5. The summed E-state index contributed by atoms with van der Waals surface area (Å²) >= 11 is 0. The number of aryl methyl sites for hydroxylation is 1. The molecule has 0 bridgehead atoms. The molecule has 1 unspecified atom stereocenters. The van der Waals surface area contributed by atoms with Crippen LogP contribution in [0.1, 0.15) is 62.1 Å². The first-order valence-electron chi connectivity index (χ1n) is 11.0. The van der Waals surface area contributed by atoms with E-state index in [1.165, 1.54) is 0 Å². The average molecular weight is 416 g/mol. The van der Waals surface area contributed by atoms with Crippen molar-refractivity contribution in [3.63, 3.8) is 0 Å². The minimum atomic E-state index is -0.416. The van der Waals surface area contributed by atoms with Crippen molar-refractivity contribution in [1.82, 2.24) is 0 Å². The summed E-state index contributed by atoms with van der Waals surface area (Å²) in [4.78, 5) is 31.4. The van der Waals surface area contributed by atoms with Gasteiger partial charge in [0.15, 0.2) is 0 Å². The molecule has 1 aliphatic carbocycles. The molecule has 0 radical (unpaired) electrons. The summed E-state index contributed by atoms with van der Waals surface area (Å²) in [6.45, 7) is 7.56. The van der Waals surface area contributed by atoms with Crippen LogP contribution in [-0.4, -0.2) is 23.6 Å². The Morgan fingerprint density at radius 3 is 2.26 bits per heavy atom. The Morgan fingerprint density at radius 2 is 1.61 bits per heavy atom. The molecule has 0 saturated heterocycles. The van der Waals surface area contributed by atoms with E-state index in [0.717, 1.165) is 28.8 Å². The number of aliphatic imine (C=N–C) groups is 1. The zero-order chi connectivity index (χ0) is 22.1. The summed E-state index contributed by atoms with van der Waals surface area (Å²) in [5.41, 5.74) is 5.32. The highest BCUT2D eigenvalue weighted by Gasteiger charge is 2.46. The molecule has 4 nitrogen and oxygen atoms in total. The van der Waals surface area contributed by atoms with Gasteiger partial charge in [0.25, 0.3) is 0 Å². The molecule has 1 heterocycles. The number of carbonyl (C=O) groups is 2. The van der Waals surface area contributed by atoms with Gasteiger partial charge in [-0.15, -0.1) is 0 Å². The number of hydrogen-bond acceptors (Lipinski definition) is 4. The van der Waals surface area contributed by atoms with Crippen LogP contribution in [0.2, 0.25) is 0 Å². The Bertz CT molecular complexity index is 1050. The zero-order valence-electron chi connectivity index (χ0n) is 18.6. The molecule has 31 heavy (non-hydrogen) atoms. The number of fused-ring (bicyclic) bond motifs is 1. The van der Waals surface area contributed by atoms with E-state index >= 15 is 0 Å². The van der Waals surface area contributed by atoms with Crippen molar-refractivity contribution < 1.29 is 14.3 Å². The fourth-order valence-corrected chi connectivity index (χ4v) is 4.81. The second-order valence-corrected chi connectivity index (χ2v) is 8.90. The van der Waals surface area contributed by atoms with E-state index < -0.39 is 5.92 Å². The highest BCUT2D eigenvalue weighted by molar-refractivity contribution is 6.12. The van der Waals surface area contributed by atoms with Crippen LogP contribution in [0.5, 0.6) is 0 Å². The second kappa shape index (κ2) is 8.62. The molecule has 160 valence electrons. The quantitative estimate of drug-likeness (QED) is 0.618. The van der Waals surface area contributed by atoms with Gasteiger partial charge in [-0.3, -0.25) is 9.79 Å². The van der Waals surface area contributed by atoms with Gasteiger partial charge in [-0.2, -0.15) is 0 Å². The molecule has 4 rings (SSSR count). The fourth-order valence-electron chi connectivity index (χ4n) is 4.81. The van der Waals surface area contributed by atoms with Gasteiger partial charge in [-0.1, -0.05) is 60.2 Å². The van der Waals surface area contributed by atoms with Gasteiger partial charge in [0.2, 0.25) is 0 Å². The smallest absolute Gasteiger partial charge is 0.336 e. The number of carbonyl (C=O) groups excluding carboxylic acids is 2. The average Bonchev–Trinajstić information content (AvgIpc) is 2.73. The van der Waals surface area contributed by atoms with Gasteiger partial charge in [0.05, 0.1) is 17.6 Å². The number of rotatable bonds is 4. The molecule has 3 atom stereocenters. The van der Waals surface area contributed by atoms with Gasteiger partial charge < -0.3 is 4.74 Å². The van der Waals surface area contributed by atoms with Gasteiger partial charge >= 0.3 is 5.97 Å². The lowest BCUT2D eigenvalue weighted by atomic mass is 9.66. The van der Waals surface area contributed by atoms with Crippen LogP contribution >= 0.6 is 0 Å². The maximum absolute atomic E-state index is 13.5. The minimum absolute atomic E-state index is 0.124. The third kappa shape index (κ3) is 4.25. The maximum atomic E-state index is 13.5. The van der Waals surface area contributed by atoms with E-state index in [9.17, 15) is 9.59 Å². The fraction of sp³-hybridized carbons (Fsp3) is 0.370. The van der Waals surface area contributed by atoms with E-state index in [0.29, 0.717) is 17.7 Å². The Labute approximate surface area is 184 Å². The highest BCUT2D eigenvalue weighted by atomic mass is 16.5. The molecule has 2 aromatic carbocycles. The number of allylic oxidation sites excluding steroid dienone is 1. The number of hydrogen-bond donors (Lipinski definition) is 0. The van der Waals surface area contributed by atoms with E-state index in [-0.39, 0.29) is 29.7 Å². The number of ketones is 1. The van der Waals surface area contributed by atoms with Crippen LogP contribution in [0.4, 0.5) is 0 Å². The molecule has 1 fully saturated rings. The number of Topliss-reactive ketones (excluding diaryl/α,β-unsaturated/α-hetero) is 1. The Morgan fingerprint density at radius 1 is 0.935 bits per heavy atom. The first kappa shape index (κ1) is 21.2. The summed E-state index contributed by atoms with van der Waals surface area (Å²) in [7, 11) is 0. The number of ether oxygens (including phenoxy) is 1. The molecule has 1 aliphatic heterocycles. The lowest BCUT2D eigenvalue weighted by molar-refractivity contribution is -0.143. The summed E-state index contributed by atoms with van der Waals surface area (Å²) in [5.74, 6) is -0.880. The highest BCUT2D eigenvalue weighted by Crippen LogP contribution is 2.46. The first-order valence-corrected chi connectivity index (χ1v) is 11.0. The Hall–Kier alpha value is -3.01. The molecule has 0 amide bonds. The predicted molar refractivity (Wildman–Crippen MR) is 122 cm³/mol. The largest absolute Gasteiger partial charge is 0.460 e. The SMILES string of the molecule is CC1=C(C(=O)OC(C)C)[C@@H](c2ccc(C)cc2)C2C(=O)C[C@@H](c3ccccc3)CC2=N1. The van der Waals surface area contributed by atoms with Crippen LogP contribution in [-0.2, 0) is 14.3 Å². The van der Waals surface area contributed by atoms with Gasteiger partial charge in [0, 0.05) is 23.7 Å². The number of benzene rings is 2. The third-order valence-corrected chi connectivity index (χ3v) is 6.22. The van der Waals surface area contributed by atoms with Crippen molar-refractivity contribution in [2.75, 3.05) is 0 Å². The van der Waals surface area contributed by atoms with E-state index in [4.69, 9.17) is 9.73 Å². The van der Waals surface area contributed by atoms with Crippen molar-refractivity contribution in [2.24, 2.45) is 10.9 Å². The van der Waals surface area contributed by atoms with Crippen LogP contribution in [0.15, 0.2) is 70.9 Å². The molecule has 0 aromatic heterocycles. The number of nitrogens with zero attached hydrogens (tertiary/aromatic N) is 1. The molecular weight excluding hydrogens is 386 g/mol. The predicted octanol–water partition coefficient (Wildman–Crippen LogP) is 5.52. The Kier molecular flexibility index (Phi) is 5.90. The van der Waals surface area contributed by atoms with Crippen LogP contribution in [0.25, 0.3) is 0 Å². The van der Waals surface area contributed by atoms with E-state index in [1.807, 2.05) is 70.2 Å². The number of esters is 1. The van der Waals surface area contributed by atoms with Crippen molar-refractivity contribution >= 4 is 17.5 Å². The third-order valence-electron chi connectivity index (χ3n) is 6.22. The molecular formula is C27H29NO3. The summed E-state index contributed by atoms with van der Waals surface area (Å²) < 4.78 is 5.56. The molecule has 4 heteroatoms. The second-order valence-electron chi connectivity index (χ2n) is 8.90. The molecule has 0 spiro atoms. The van der Waals surface area contributed by atoms with Gasteiger partial charge in [-0.25, -0.2) is 4.79 Å². The first-order chi connectivity index (χ1) is 14.8. The molecule has 0 N–H and O–H groups in total. The van der Waals surface area contributed by atoms with Crippen molar-refractivity contribution in [3.8, 4) is 0 Å². The maximum Gasteiger partial charge on any atom is 0.336 e. The van der Waals surface area contributed by atoms with E-state index in [1.54, 1.807) is 0 Å². The van der Waals surface area contributed by atoms with Crippen molar-refractivity contribution in [1.29, 1.82) is 0 Å². The summed E-state index contributed by atoms with van der Waals surface area (Å²) in [6.07, 6.45) is 0.954. The molecule has 2 aliphatic rings. The van der Waals surface area contributed by atoms with Crippen LogP contribution in [0.3, 0.4) is 0 Å². The Balaban J connectivity index is 1.79. The van der Waals surface area contributed by atoms with Crippen LogP contribution < -0.4 is 0 Å². The minimum Gasteiger partial charge on any atom is -0.460 e. The molecule has 1 saturated carbocycles. The van der Waals surface area contributed by atoms with Crippen molar-refractivity contribution in [2.45, 2.75) is 58.5 Å². The van der Waals surface area contributed by atoms with Gasteiger partial charge in [-0.05, 0) is 51.2 Å². The van der Waals surface area contributed by atoms with Crippen LogP contribution in [0, 0.1) is 12.8 Å². The van der Waals surface area contributed by atoms with E-state index in [2.05, 4.69) is 12.1 Å². The molecule has 2 aromatic rings.